The molecule has 3 amide bonds. The largest absolute Gasteiger partial charge is 0.494 e. The monoisotopic (exact) mass is 384 g/mol. The Morgan fingerprint density at radius 1 is 1.07 bits per heavy atom. The summed E-state index contributed by atoms with van der Waals surface area (Å²) in [5.41, 5.74) is -0.449. The maximum atomic E-state index is 13.3. The van der Waals surface area contributed by atoms with Crippen LogP contribution >= 0.6 is 0 Å². The van der Waals surface area contributed by atoms with Crippen LogP contribution in [-0.4, -0.2) is 35.8 Å². The van der Waals surface area contributed by atoms with Gasteiger partial charge in [-0.05, 0) is 55.3 Å². The van der Waals surface area contributed by atoms with E-state index in [0.29, 0.717) is 23.5 Å². The summed E-state index contributed by atoms with van der Waals surface area (Å²) in [5.74, 6) is -0.687. The van der Waals surface area contributed by atoms with Gasteiger partial charge in [0.15, 0.2) is 5.78 Å². The van der Waals surface area contributed by atoms with Crippen molar-refractivity contribution in [2.24, 2.45) is 0 Å². The van der Waals surface area contributed by atoms with E-state index >= 15 is 0 Å². The maximum absolute atomic E-state index is 13.3. The van der Waals surface area contributed by atoms with Crippen LogP contribution < -0.4 is 10.1 Å². The highest BCUT2D eigenvalue weighted by Gasteiger charge is 2.51. The smallest absolute Gasteiger partial charge is 0.325 e. The summed E-state index contributed by atoms with van der Waals surface area (Å²) in [6.45, 7) is 3.75. The summed E-state index contributed by atoms with van der Waals surface area (Å²) >= 11 is 0. The average Bonchev–Trinajstić information content (AvgIpc) is 2.94. The van der Waals surface area contributed by atoms with Crippen molar-refractivity contribution in [2.45, 2.75) is 25.8 Å². The lowest BCUT2D eigenvalue weighted by Gasteiger charge is -2.25. The Balaban J connectivity index is 1.81. The molecule has 1 N–H and O–H groups in total. The molecular formula is C21H21FN2O4. The molecule has 2 aromatic carbocycles. The van der Waals surface area contributed by atoms with Gasteiger partial charge >= 0.3 is 6.03 Å². The average molecular weight is 384 g/mol. The highest BCUT2D eigenvalue weighted by atomic mass is 19.1. The molecule has 6 nitrogen and oxygen atoms in total. The number of rotatable bonds is 7. The fourth-order valence-electron chi connectivity index (χ4n) is 3.28. The predicted molar refractivity (Wildman–Crippen MR) is 101 cm³/mol. The highest BCUT2D eigenvalue weighted by Crippen LogP contribution is 2.32. The zero-order valence-corrected chi connectivity index (χ0v) is 15.7. The first-order valence-electron chi connectivity index (χ1n) is 9.07. The van der Waals surface area contributed by atoms with Gasteiger partial charge in [-0.2, -0.15) is 0 Å². The molecule has 0 spiro atoms. The number of amides is 3. The first kappa shape index (κ1) is 19.5. The molecule has 1 aliphatic rings. The van der Waals surface area contributed by atoms with E-state index in [0.717, 1.165) is 4.90 Å². The minimum Gasteiger partial charge on any atom is -0.494 e. The maximum Gasteiger partial charge on any atom is 0.325 e. The molecule has 2 aromatic rings. The molecule has 0 bridgehead atoms. The molecule has 1 heterocycles. The van der Waals surface area contributed by atoms with Gasteiger partial charge in [0, 0.05) is 5.56 Å². The number of benzene rings is 2. The SMILES string of the molecule is CCOc1ccc(C(=O)CN2C(=O)N[C@@](CC)(c3ccc(F)cc3)C2=O)cc1. The van der Waals surface area contributed by atoms with Gasteiger partial charge in [0.1, 0.15) is 17.1 Å². The molecule has 0 aliphatic carbocycles. The molecule has 0 saturated carbocycles. The van der Waals surface area contributed by atoms with E-state index in [-0.39, 0.29) is 18.7 Å². The number of nitrogens with zero attached hydrogens (tertiary/aromatic N) is 1. The molecule has 0 aromatic heterocycles. The Morgan fingerprint density at radius 2 is 1.71 bits per heavy atom. The van der Waals surface area contributed by atoms with Gasteiger partial charge < -0.3 is 10.1 Å². The van der Waals surface area contributed by atoms with Gasteiger partial charge in [-0.25, -0.2) is 9.18 Å². The molecule has 1 fully saturated rings. The lowest BCUT2D eigenvalue weighted by atomic mass is 9.87. The van der Waals surface area contributed by atoms with Crippen molar-refractivity contribution in [3.63, 3.8) is 0 Å². The number of ketones is 1. The molecule has 1 aliphatic heterocycles. The normalized spacial score (nSPS) is 18.9. The Bertz CT molecular complexity index is 896. The van der Waals surface area contributed by atoms with E-state index in [1.54, 1.807) is 31.2 Å². The quantitative estimate of drug-likeness (QED) is 0.587. The van der Waals surface area contributed by atoms with Crippen LogP contribution in [0.3, 0.4) is 0 Å². The first-order chi connectivity index (χ1) is 13.4. The van der Waals surface area contributed by atoms with Crippen molar-refractivity contribution < 1.29 is 23.5 Å². The predicted octanol–water partition coefficient (Wildman–Crippen LogP) is 3.26. The fraction of sp³-hybridized carbons (Fsp3) is 0.286. The summed E-state index contributed by atoms with van der Waals surface area (Å²) < 4.78 is 18.6. The third-order valence-electron chi connectivity index (χ3n) is 4.83. The standard InChI is InChI=1S/C21H21FN2O4/c1-3-21(15-7-9-16(22)10-8-15)19(26)24(20(27)23-21)13-18(25)14-5-11-17(12-6-14)28-4-2/h5-12H,3-4,13H2,1-2H3,(H,23,27)/t21-/m0/s1. The number of nitrogens with one attached hydrogen (secondary N) is 1. The molecule has 0 unspecified atom stereocenters. The van der Waals surface area contributed by atoms with Crippen LogP contribution in [0.4, 0.5) is 9.18 Å². The topological polar surface area (TPSA) is 75.7 Å². The molecule has 7 heteroatoms. The van der Waals surface area contributed by atoms with Crippen LogP contribution in [0.25, 0.3) is 0 Å². The Labute approximate surface area is 162 Å². The molecule has 0 radical (unpaired) electrons. The number of carbonyl (C=O) groups excluding carboxylic acids is 3. The number of halogens is 1. The van der Waals surface area contributed by atoms with Gasteiger partial charge in [-0.3, -0.25) is 14.5 Å². The van der Waals surface area contributed by atoms with Crippen LogP contribution in [-0.2, 0) is 10.3 Å². The second-order valence-corrected chi connectivity index (χ2v) is 6.47. The van der Waals surface area contributed by atoms with Crippen LogP contribution in [0.2, 0.25) is 0 Å². The third-order valence-corrected chi connectivity index (χ3v) is 4.83. The minimum absolute atomic E-state index is 0.275. The van der Waals surface area contributed by atoms with E-state index in [1.807, 2.05) is 6.92 Å². The van der Waals surface area contributed by atoms with E-state index in [1.165, 1.54) is 24.3 Å². The number of imide groups is 1. The molecule has 1 saturated heterocycles. The summed E-state index contributed by atoms with van der Waals surface area (Å²) in [4.78, 5) is 39.0. The van der Waals surface area contributed by atoms with Gasteiger partial charge in [0.25, 0.3) is 5.91 Å². The van der Waals surface area contributed by atoms with Crippen molar-refractivity contribution in [1.82, 2.24) is 10.2 Å². The lowest BCUT2D eigenvalue weighted by Crippen LogP contribution is -2.43. The number of hydrogen-bond donors (Lipinski definition) is 1. The summed E-state index contributed by atoms with van der Waals surface area (Å²) in [5, 5.41) is 2.68. The van der Waals surface area contributed by atoms with Crippen molar-refractivity contribution in [2.75, 3.05) is 13.2 Å². The Kier molecular flexibility index (Phi) is 5.44. The summed E-state index contributed by atoms with van der Waals surface area (Å²) in [6.07, 6.45) is 0.275. The second-order valence-electron chi connectivity index (χ2n) is 6.47. The first-order valence-corrected chi connectivity index (χ1v) is 9.07. The van der Waals surface area contributed by atoms with Gasteiger partial charge in [-0.15, -0.1) is 0 Å². The van der Waals surface area contributed by atoms with Gasteiger partial charge in [0.05, 0.1) is 13.2 Å². The van der Waals surface area contributed by atoms with Crippen LogP contribution in [0.5, 0.6) is 5.75 Å². The highest BCUT2D eigenvalue weighted by molar-refractivity contribution is 6.11. The van der Waals surface area contributed by atoms with Crippen molar-refractivity contribution in [1.29, 1.82) is 0 Å². The molecule has 146 valence electrons. The van der Waals surface area contributed by atoms with Crippen LogP contribution in [0.15, 0.2) is 48.5 Å². The molecule has 28 heavy (non-hydrogen) atoms. The fourth-order valence-corrected chi connectivity index (χ4v) is 3.28. The number of ether oxygens (including phenoxy) is 1. The summed E-state index contributed by atoms with van der Waals surface area (Å²) in [6, 6.07) is 11.3. The lowest BCUT2D eigenvalue weighted by molar-refractivity contribution is -0.131. The molecule has 3 rings (SSSR count). The van der Waals surface area contributed by atoms with Gasteiger partial charge in [0.2, 0.25) is 0 Å². The van der Waals surface area contributed by atoms with Crippen molar-refractivity contribution in [3.8, 4) is 5.75 Å². The zero-order chi connectivity index (χ0) is 20.3. The third kappa shape index (κ3) is 3.47. The van der Waals surface area contributed by atoms with Crippen LogP contribution in [0.1, 0.15) is 36.2 Å². The minimum atomic E-state index is -1.30. The molecular weight excluding hydrogens is 363 g/mol. The number of Topliss-reactive ketones (excluding diaryl/α,β-unsaturated/α-hetero) is 1. The van der Waals surface area contributed by atoms with Crippen molar-refractivity contribution in [3.05, 3.63) is 65.5 Å². The number of hydrogen-bond acceptors (Lipinski definition) is 4. The van der Waals surface area contributed by atoms with E-state index in [2.05, 4.69) is 5.32 Å². The Morgan fingerprint density at radius 3 is 2.29 bits per heavy atom. The second kappa shape index (κ2) is 7.80. The van der Waals surface area contributed by atoms with Gasteiger partial charge in [-0.1, -0.05) is 19.1 Å². The zero-order valence-electron chi connectivity index (χ0n) is 15.7. The van der Waals surface area contributed by atoms with E-state index in [9.17, 15) is 18.8 Å². The number of carbonyl (C=O) groups is 3. The van der Waals surface area contributed by atoms with Crippen molar-refractivity contribution >= 4 is 17.7 Å². The molecule has 1 atom stereocenters. The summed E-state index contributed by atoms with van der Waals surface area (Å²) in [7, 11) is 0. The van der Waals surface area contributed by atoms with E-state index in [4.69, 9.17) is 4.74 Å². The number of urea groups is 1. The van der Waals surface area contributed by atoms with Crippen LogP contribution in [0, 0.1) is 5.82 Å². The van der Waals surface area contributed by atoms with E-state index < -0.39 is 23.3 Å². The Hall–Kier alpha value is -3.22.